The molecule has 0 spiro atoms. The van der Waals surface area contributed by atoms with E-state index in [4.69, 9.17) is 0 Å². The zero-order valence-corrected chi connectivity index (χ0v) is 8.88. The maximum atomic E-state index is 2.57. The van der Waals surface area contributed by atoms with Crippen LogP contribution in [0.3, 0.4) is 0 Å². The largest absolute Gasteiger partial charge is 0.298 e. The zero-order valence-electron chi connectivity index (χ0n) is 8.88. The molecule has 1 saturated heterocycles. The monoisotopic (exact) mass is 170 g/mol. The third-order valence-corrected chi connectivity index (χ3v) is 2.93. The van der Waals surface area contributed by atoms with Crippen LogP contribution >= 0.6 is 0 Å². The Kier molecular flexibility index (Phi) is 3.53. The fourth-order valence-corrected chi connectivity index (χ4v) is 1.96. The van der Waals surface area contributed by atoms with E-state index < -0.39 is 0 Å². The van der Waals surface area contributed by atoms with Crippen LogP contribution in [0, 0.1) is 0 Å². The molecular weight excluding hydrogens is 148 g/mol. The minimum absolute atomic E-state index is 0.714. The Morgan fingerprint density at radius 2 is 2.00 bits per heavy atom. The average Bonchev–Trinajstić information content (AvgIpc) is 2.04. The van der Waals surface area contributed by atoms with E-state index in [0.29, 0.717) is 6.04 Å². The molecule has 0 aromatic carbocycles. The molecule has 2 heteroatoms. The van der Waals surface area contributed by atoms with Gasteiger partial charge in [0.15, 0.2) is 0 Å². The number of likely N-dealkylation sites (N-methyl/N-ethyl adjacent to an activating group) is 1. The van der Waals surface area contributed by atoms with Gasteiger partial charge in [-0.1, -0.05) is 6.92 Å². The second-order valence-corrected chi connectivity index (χ2v) is 4.07. The highest BCUT2D eigenvalue weighted by atomic mass is 15.3. The summed E-state index contributed by atoms with van der Waals surface area (Å²) < 4.78 is 0. The summed E-state index contributed by atoms with van der Waals surface area (Å²) >= 11 is 0. The van der Waals surface area contributed by atoms with E-state index in [1.807, 2.05) is 0 Å². The normalized spacial score (nSPS) is 28.2. The average molecular weight is 170 g/mol. The minimum atomic E-state index is 0.714. The van der Waals surface area contributed by atoms with Crippen molar-refractivity contribution in [2.24, 2.45) is 0 Å². The Morgan fingerprint density at radius 1 is 1.33 bits per heavy atom. The predicted molar refractivity (Wildman–Crippen MR) is 53.4 cm³/mol. The zero-order chi connectivity index (χ0) is 9.14. The van der Waals surface area contributed by atoms with Crippen molar-refractivity contribution in [3.05, 3.63) is 0 Å². The quantitative estimate of drug-likeness (QED) is 0.618. The first kappa shape index (κ1) is 10.0. The highest BCUT2D eigenvalue weighted by molar-refractivity contribution is 4.79. The molecule has 1 unspecified atom stereocenters. The summed E-state index contributed by atoms with van der Waals surface area (Å²) in [6.07, 6.45) is 0. The van der Waals surface area contributed by atoms with Gasteiger partial charge >= 0.3 is 0 Å². The second kappa shape index (κ2) is 4.24. The molecule has 0 radical (unpaired) electrons. The molecule has 0 aliphatic carbocycles. The Labute approximate surface area is 76.5 Å². The van der Waals surface area contributed by atoms with Crippen molar-refractivity contribution in [3.8, 4) is 0 Å². The van der Waals surface area contributed by atoms with Crippen molar-refractivity contribution in [1.82, 2.24) is 9.80 Å². The lowest BCUT2D eigenvalue weighted by atomic mass is 10.1. The molecule has 0 saturated carbocycles. The number of nitrogens with zero attached hydrogens (tertiary/aromatic N) is 2. The molecule has 0 amide bonds. The molecule has 0 bridgehead atoms. The Morgan fingerprint density at radius 3 is 2.42 bits per heavy atom. The SMILES string of the molecule is CCN1CCN(C(C)C)CC1C. The molecule has 1 rings (SSSR count). The van der Waals surface area contributed by atoms with E-state index in [0.717, 1.165) is 6.04 Å². The van der Waals surface area contributed by atoms with Crippen molar-refractivity contribution in [1.29, 1.82) is 0 Å². The molecule has 1 aliphatic rings. The van der Waals surface area contributed by atoms with Crippen molar-refractivity contribution in [3.63, 3.8) is 0 Å². The van der Waals surface area contributed by atoms with Gasteiger partial charge < -0.3 is 0 Å². The van der Waals surface area contributed by atoms with Crippen LogP contribution in [0.2, 0.25) is 0 Å². The van der Waals surface area contributed by atoms with E-state index in [1.54, 1.807) is 0 Å². The van der Waals surface area contributed by atoms with Crippen molar-refractivity contribution in [2.75, 3.05) is 26.2 Å². The smallest absolute Gasteiger partial charge is 0.0195 e. The number of piperazine rings is 1. The summed E-state index contributed by atoms with van der Waals surface area (Å²) in [4.78, 5) is 5.12. The topological polar surface area (TPSA) is 6.48 Å². The Balaban J connectivity index is 2.40. The van der Waals surface area contributed by atoms with Gasteiger partial charge in [0, 0.05) is 31.7 Å². The van der Waals surface area contributed by atoms with Crippen LogP contribution < -0.4 is 0 Å². The van der Waals surface area contributed by atoms with Gasteiger partial charge in [-0.15, -0.1) is 0 Å². The van der Waals surface area contributed by atoms with Crippen LogP contribution in [0.25, 0.3) is 0 Å². The van der Waals surface area contributed by atoms with Crippen LogP contribution in [0.15, 0.2) is 0 Å². The van der Waals surface area contributed by atoms with Gasteiger partial charge in [-0.05, 0) is 27.3 Å². The van der Waals surface area contributed by atoms with Crippen LogP contribution in [-0.4, -0.2) is 48.1 Å². The first-order chi connectivity index (χ1) is 5.65. The molecule has 2 nitrogen and oxygen atoms in total. The Hall–Kier alpha value is -0.0800. The van der Waals surface area contributed by atoms with E-state index in [-0.39, 0.29) is 0 Å². The summed E-state index contributed by atoms with van der Waals surface area (Å²) in [5, 5.41) is 0. The summed E-state index contributed by atoms with van der Waals surface area (Å²) in [5.41, 5.74) is 0. The molecule has 0 aromatic rings. The molecule has 1 atom stereocenters. The van der Waals surface area contributed by atoms with Gasteiger partial charge in [0.05, 0.1) is 0 Å². The third kappa shape index (κ3) is 2.20. The molecule has 0 aromatic heterocycles. The van der Waals surface area contributed by atoms with Gasteiger partial charge in [-0.2, -0.15) is 0 Å². The first-order valence-corrected chi connectivity index (χ1v) is 5.13. The van der Waals surface area contributed by atoms with E-state index >= 15 is 0 Å². The predicted octanol–water partition coefficient (Wildman–Crippen LogP) is 1.42. The number of rotatable bonds is 2. The molecule has 12 heavy (non-hydrogen) atoms. The minimum Gasteiger partial charge on any atom is -0.298 e. The van der Waals surface area contributed by atoms with Gasteiger partial charge in [0.25, 0.3) is 0 Å². The van der Waals surface area contributed by atoms with E-state index in [1.165, 1.54) is 26.2 Å². The van der Waals surface area contributed by atoms with Crippen molar-refractivity contribution < 1.29 is 0 Å². The highest BCUT2D eigenvalue weighted by Gasteiger charge is 2.23. The fourth-order valence-electron chi connectivity index (χ4n) is 1.96. The molecule has 1 heterocycles. The van der Waals surface area contributed by atoms with Gasteiger partial charge in [0.2, 0.25) is 0 Å². The Bertz CT molecular complexity index is 134. The van der Waals surface area contributed by atoms with Crippen molar-refractivity contribution >= 4 is 0 Å². The molecule has 72 valence electrons. The maximum Gasteiger partial charge on any atom is 0.0195 e. The third-order valence-electron chi connectivity index (χ3n) is 2.93. The number of hydrogen-bond acceptors (Lipinski definition) is 2. The second-order valence-electron chi connectivity index (χ2n) is 4.07. The summed E-state index contributed by atoms with van der Waals surface area (Å²) in [6.45, 7) is 14.1. The van der Waals surface area contributed by atoms with Crippen LogP contribution in [-0.2, 0) is 0 Å². The summed E-state index contributed by atoms with van der Waals surface area (Å²) in [5.74, 6) is 0. The van der Waals surface area contributed by atoms with Crippen LogP contribution in [0.5, 0.6) is 0 Å². The van der Waals surface area contributed by atoms with Crippen LogP contribution in [0.1, 0.15) is 27.7 Å². The van der Waals surface area contributed by atoms with Crippen molar-refractivity contribution in [2.45, 2.75) is 39.8 Å². The fraction of sp³-hybridized carbons (Fsp3) is 1.00. The van der Waals surface area contributed by atoms with E-state index in [9.17, 15) is 0 Å². The lowest BCUT2D eigenvalue weighted by Crippen LogP contribution is -2.53. The standard InChI is InChI=1S/C10H22N2/c1-5-11-6-7-12(9(2)3)8-10(11)4/h9-10H,5-8H2,1-4H3. The summed E-state index contributed by atoms with van der Waals surface area (Å²) in [6, 6.07) is 1.46. The highest BCUT2D eigenvalue weighted by Crippen LogP contribution is 2.10. The lowest BCUT2D eigenvalue weighted by molar-refractivity contribution is 0.0687. The maximum absolute atomic E-state index is 2.57. The molecular formula is C10H22N2. The molecule has 1 aliphatic heterocycles. The number of hydrogen-bond donors (Lipinski definition) is 0. The summed E-state index contributed by atoms with van der Waals surface area (Å²) in [7, 11) is 0. The molecule has 1 fully saturated rings. The van der Waals surface area contributed by atoms with E-state index in [2.05, 4.69) is 37.5 Å². The van der Waals surface area contributed by atoms with Gasteiger partial charge in [0.1, 0.15) is 0 Å². The van der Waals surface area contributed by atoms with Gasteiger partial charge in [-0.25, -0.2) is 0 Å². The lowest BCUT2D eigenvalue weighted by Gasteiger charge is -2.41. The first-order valence-electron chi connectivity index (χ1n) is 5.13. The molecule has 0 N–H and O–H groups in total. The van der Waals surface area contributed by atoms with Crippen LogP contribution in [0.4, 0.5) is 0 Å². The van der Waals surface area contributed by atoms with Gasteiger partial charge in [-0.3, -0.25) is 9.80 Å².